The molecule has 3 N–H and O–H groups in total. The highest BCUT2D eigenvalue weighted by molar-refractivity contribution is 6.11. The van der Waals surface area contributed by atoms with Crippen LogP contribution in [0.4, 0.5) is 0 Å². The van der Waals surface area contributed by atoms with Gasteiger partial charge in [-0.1, -0.05) is 0 Å². The lowest BCUT2D eigenvalue weighted by molar-refractivity contribution is -0.0490. The molecule has 4 aromatic rings. The lowest BCUT2D eigenvalue weighted by atomic mass is 10.1. The molecule has 9 heteroatoms. The molecule has 0 saturated carbocycles. The van der Waals surface area contributed by atoms with Crippen molar-refractivity contribution in [3.8, 4) is 11.5 Å². The molecule has 0 radical (unpaired) electrons. The second-order valence-corrected chi connectivity index (χ2v) is 6.39. The van der Waals surface area contributed by atoms with Gasteiger partial charge in [0, 0.05) is 11.6 Å². The van der Waals surface area contributed by atoms with Gasteiger partial charge < -0.3 is 24.5 Å². The molecular weight excluding hydrogens is 352 g/mol. The third-order valence-corrected chi connectivity index (χ3v) is 4.91. The molecule has 0 amide bonds. The number of ether oxygens (including phenoxy) is 1. The Morgan fingerprint density at radius 1 is 1.15 bits per heavy atom. The quantitative estimate of drug-likeness (QED) is 0.486. The number of hydrogen-bond donors (Lipinski definition) is 3. The Bertz CT molecular complexity index is 1110. The minimum absolute atomic E-state index is 0.406. The van der Waals surface area contributed by atoms with E-state index in [2.05, 4.69) is 15.0 Å². The van der Waals surface area contributed by atoms with Gasteiger partial charge in [0.1, 0.15) is 36.0 Å². The van der Waals surface area contributed by atoms with Crippen LogP contribution in [-0.4, -0.2) is 59.8 Å². The Morgan fingerprint density at radius 3 is 2.78 bits per heavy atom. The minimum atomic E-state index is -1.23. The minimum Gasteiger partial charge on any atom is -0.463 e. The standard InChI is InChI=1S/C18H16N4O5/c23-7-12-15(24)16(25)18(27-12)22-10-6-19-4-3-9(10)13-14(11-2-1-5-26-11)20-8-21-17(13)22/h1-6,8,12,15-16,18,23-25H,7H2/t12-,15-,16-,18-/m1/s1. The fourth-order valence-corrected chi connectivity index (χ4v) is 3.66. The van der Waals surface area contributed by atoms with E-state index in [1.165, 1.54) is 6.33 Å². The lowest BCUT2D eigenvalue weighted by Gasteiger charge is -2.18. The average molecular weight is 368 g/mol. The van der Waals surface area contributed by atoms with Crippen LogP contribution in [0.25, 0.3) is 33.4 Å². The van der Waals surface area contributed by atoms with Gasteiger partial charge in [-0.3, -0.25) is 9.55 Å². The predicted octanol–water partition coefficient (Wildman–Crippen LogP) is 0.851. The molecule has 5 rings (SSSR count). The van der Waals surface area contributed by atoms with Crippen LogP contribution in [0, 0.1) is 0 Å². The molecule has 0 unspecified atom stereocenters. The Morgan fingerprint density at radius 2 is 2.04 bits per heavy atom. The summed E-state index contributed by atoms with van der Waals surface area (Å²) in [5.74, 6) is 0.583. The molecular formula is C18H16N4O5. The maximum atomic E-state index is 10.5. The monoisotopic (exact) mass is 368 g/mol. The van der Waals surface area contributed by atoms with Crippen LogP contribution in [0.2, 0.25) is 0 Å². The topological polar surface area (TPSA) is 127 Å². The number of aromatic nitrogens is 4. The van der Waals surface area contributed by atoms with E-state index in [9.17, 15) is 15.3 Å². The van der Waals surface area contributed by atoms with Gasteiger partial charge in [-0.05, 0) is 18.2 Å². The normalized spacial score (nSPS) is 25.6. The first-order valence-electron chi connectivity index (χ1n) is 8.45. The average Bonchev–Trinajstić information content (AvgIpc) is 3.40. The number of nitrogens with zero attached hydrogens (tertiary/aromatic N) is 4. The van der Waals surface area contributed by atoms with E-state index < -0.39 is 31.1 Å². The van der Waals surface area contributed by atoms with Crippen molar-refractivity contribution in [3.63, 3.8) is 0 Å². The summed E-state index contributed by atoms with van der Waals surface area (Å²) < 4.78 is 12.9. The summed E-state index contributed by atoms with van der Waals surface area (Å²) in [5, 5.41) is 31.6. The van der Waals surface area contributed by atoms with Gasteiger partial charge in [0.15, 0.2) is 12.0 Å². The molecule has 1 aliphatic rings. The molecule has 1 aliphatic heterocycles. The highest BCUT2D eigenvalue weighted by Crippen LogP contribution is 2.39. The highest BCUT2D eigenvalue weighted by atomic mass is 16.6. The zero-order chi connectivity index (χ0) is 18.5. The molecule has 4 aromatic heterocycles. The van der Waals surface area contributed by atoms with Crippen molar-refractivity contribution in [2.75, 3.05) is 6.61 Å². The Kier molecular flexibility index (Phi) is 3.69. The number of pyridine rings is 1. The first kappa shape index (κ1) is 16.3. The summed E-state index contributed by atoms with van der Waals surface area (Å²) in [7, 11) is 0. The van der Waals surface area contributed by atoms with Crippen molar-refractivity contribution in [2.45, 2.75) is 24.5 Å². The third kappa shape index (κ3) is 2.30. The summed E-state index contributed by atoms with van der Waals surface area (Å²) >= 11 is 0. The second kappa shape index (κ2) is 6.10. The summed E-state index contributed by atoms with van der Waals surface area (Å²) in [5.41, 5.74) is 1.77. The summed E-state index contributed by atoms with van der Waals surface area (Å²) in [6, 6.07) is 5.40. The van der Waals surface area contributed by atoms with Crippen molar-refractivity contribution < 1.29 is 24.5 Å². The van der Waals surface area contributed by atoms with Crippen LogP contribution < -0.4 is 0 Å². The van der Waals surface area contributed by atoms with Gasteiger partial charge in [-0.2, -0.15) is 0 Å². The van der Waals surface area contributed by atoms with E-state index in [0.29, 0.717) is 22.6 Å². The van der Waals surface area contributed by atoms with Gasteiger partial charge in [-0.15, -0.1) is 0 Å². The number of furan rings is 1. The van der Waals surface area contributed by atoms with Crippen molar-refractivity contribution in [1.82, 2.24) is 19.5 Å². The van der Waals surface area contributed by atoms with Gasteiger partial charge in [0.05, 0.1) is 30.0 Å². The van der Waals surface area contributed by atoms with Crippen molar-refractivity contribution >= 4 is 21.9 Å². The van der Waals surface area contributed by atoms with Crippen LogP contribution in [0.5, 0.6) is 0 Å². The Labute approximate surface area is 152 Å². The van der Waals surface area contributed by atoms with Crippen molar-refractivity contribution in [2.24, 2.45) is 0 Å². The van der Waals surface area contributed by atoms with Crippen LogP contribution in [-0.2, 0) is 4.74 Å². The molecule has 0 aromatic carbocycles. The zero-order valence-corrected chi connectivity index (χ0v) is 14.0. The molecule has 138 valence electrons. The highest BCUT2D eigenvalue weighted by Gasteiger charge is 2.44. The summed E-state index contributed by atoms with van der Waals surface area (Å²) in [6.45, 7) is -0.406. The van der Waals surface area contributed by atoms with Gasteiger partial charge in [0.2, 0.25) is 0 Å². The zero-order valence-electron chi connectivity index (χ0n) is 14.0. The van der Waals surface area contributed by atoms with Crippen LogP contribution in [0.15, 0.2) is 47.6 Å². The first-order valence-corrected chi connectivity index (χ1v) is 8.45. The van der Waals surface area contributed by atoms with E-state index in [1.807, 2.05) is 6.07 Å². The molecule has 0 spiro atoms. The smallest absolute Gasteiger partial charge is 0.165 e. The maximum Gasteiger partial charge on any atom is 0.165 e. The van der Waals surface area contributed by atoms with Gasteiger partial charge >= 0.3 is 0 Å². The Hall–Kier alpha value is -2.85. The lowest BCUT2D eigenvalue weighted by Crippen LogP contribution is -2.33. The molecule has 4 atom stereocenters. The summed E-state index contributed by atoms with van der Waals surface area (Å²) in [6.07, 6.45) is 2.00. The number of rotatable bonds is 3. The number of fused-ring (bicyclic) bond motifs is 3. The fraction of sp³-hybridized carbons (Fsp3) is 0.278. The number of aliphatic hydroxyl groups excluding tert-OH is 3. The number of aliphatic hydroxyl groups is 3. The molecule has 1 saturated heterocycles. The predicted molar refractivity (Wildman–Crippen MR) is 93.5 cm³/mol. The van der Waals surface area contributed by atoms with Crippen LogP contribution >= 0.6 is 0 Å². The Balaban J connectivity index is 1.82. The second-order valence-electron chi connectivity index (χ2n) is 6.39. The third-order valence-electron chi connectivity index (χ3n) is 4.91. The van der Waals surface area contributed by atoms with Gasteiger partial charge in [-0.25, -0.2) is 9.97 Å². The van der Waals surface area contributed by atoms with Crippen LogP contribution in [0.1, 0.15) is 6.23 Å². The van der Waals surface area contributed by atoms with E-state index in [1.54, 1.807) is 35.4 Å². The molecule has 5 heterocycles. The molecule has 1 fully saturated rings. The van der Waals surface area contributed by atoms with Crippen molar-refractivity contribution in [3.05, 3.63) is 43.2 Å². The first-order chi connectivity index (χ1) is 13.2. The van der Waals surface area contributed by atoms with Crippen LogP contribution in [0.3, 0.4) is 0 Å². The van der Waals surface area contributed by atoms with E-state index >= 15 is 0 Å². The molecule has 0 bridgehead atoms. The van der Waals surface area contributed by atoms with Crippen molar-refractivity contribution in [1.29, 1.82) is 0 Å². The maximum absolute atomic E-state index is 10.5. The summed E-state index contributed by atoms with van der Waals surface area (Å²) in [4.78, 5) is 12.9. The van der Waals surface area contributed by atoms with E-state index in [-0.39, 0.29) is 0 Å². The molecule has 0 aliphatic carbocycles. The molecule has 27 heavy (non-hydrogen) atoms. The number of hydrogen-bond acceptors (Lipinski definition) is 8. The SMILES string of the molecule is OC[C@H]1O[C@@H](n2c3cnccc3c3c(-c4ccco4)ncnc32)[C@H](O)[C@@H]1O. The fourth-order valence-electron chi connectivity index (χ4n) is 3.66. The van der Waals surface area contributed by atoms with Gasteiger partial charge in [0.25, 0.3) is 0 Å². The van der Waals surface area contributed by atoms with E-state index in [4.69, 9.17) is 9.15 Å². The molecule has 9 nitrogen and oxygen atoms in total. The van der Waals surface area contributed by atoms with E-state index in [0.717, 1.165) is 10.8 Å². The largest absolute Gasteiger partial charge is 0.463 e.